The maximum absolute atomic E-state index is 13.8. The van der Waals surface area contributed by atoms with Gasteiger partial charge in [-0.3, -0.25) is 4.79 Å². The van der Waals surface area contributed by atoms with Crippen LogP contribution in [0.1, 0.15) is 16.1 Å². The molecule has 2 aromatic carbocycles. The van der Waals surface area contributed by atoms with Gasteiger partial charge in [-0.1, -0.05) is 34.1 Å². The number of carbonyl (C=O) groups excluding carboxylic acids is 1. The van der Waals surface area contributed by atoms with Crippen molar-refractivity contribution in [2.75, 3.05) is 5.32 Å². The van der Waals surface area contributed by atoms with E-state index in [4.69, 9.17) is 0 Å². The molecular weight excluding hydrogens is 418 g/mol. The summed E-state index contributed by atoms with van der Waals surface area (Å²) in [6.45, 7) is 0. The van der Waals surface area contributed by atoms with Crippen molar-refractivity contribution < 1.29 is 22.4 Å². The van der Waals surface area contributed by atoms with E-state index in [0.29, 0.717) is 9.15 Å². The van der Waals surface area contributed by atoms with Gasteiger partial charge in [0.15, 0.2) is 5.69 Å². The molecular formula is C17H10BrF4N3O. The van der Waals surface area contributed by atoms with Crippen LogP contribution in [0.25, 0.3) is 5.69 Å². The summed E-state index contributed by atoms with van der Waals surface area (Å²) >= 11 is 3.06. The molecule has 0 aliphatic heterocycles. The number of anilines is 1. The van der Waals surface area contributed by atoms with Crippen LogP contribution in [0.15, 0.2) is 59.2 Å². The molecule has 0 radical (unpaired) electrons. The monoisotopic (exact) mass is 427 g/mol. The molecule has 1 amide bonds. The van der Waals surface area contributed by atoms with Gasteiger partial charge in [-0.05, 0) is 30.3 Å². The highest BCUT2D eigenvalue weighted by Gasteiger charge is 2.40. The van der Waals surface area contributed by atoms with Gasteiger partial charge in [0.2, 0.25) is 0 Å². The van der Waals surface area contributed by atoms with E-state index in [0.717, 1.165) is 12.3 Å². The Morgan fingerprint density at radius 3 is 2.42 bits per heavy atom. The standard InChI is InChI=1S/C17H10BrF4N3O/c18-10-6-7-14(13(19)8-10)24-16(26)12-9-23-25(15(12)17(20,21)22)11-4-2-1-3-5-11/h1-9H,(H,24,26). The summed E-state index contributed by atoms with van der Waals surface area (Å²) < 4.78 is 55.5. The zero-order valence-electron chi connectivity index (χ0n) is 12.9. The highest BCUT2D eigenvalue weighted by molar-refractivity contribution is 9.10. The van der Waals surface area contributed by atoms with Crippen LogP contribution in [-0.2, 0) is 6.18 Å². The van der Waals surface area contributed by atoms with Gasteiger partial charge in [-0.2, -0.15) is 18.3 Å². The first-order valence-corrected chi connectivity index (χ1v) is 8.03. The Morgan fingerprint density at radius 1 is 1.12 bits per heavy atom. The predicted octanol–water partition coefficient (Wildman–Crippen LogP) is 5.05. The number of hydrogen-bond donors (Lipinski definition) is 1. The van der Waals surface area contributed by atoms with Gasteiger partial charge in [0.25, 0.3) is 5.91 Å². The maximum Gasteiger partial charge on any atom is 0.434 e. The van der Waals surface area contributed by atoms with E-state index in [9.17, 15) is 22.4 Å². The summed E-state index contributed by atoms with van der Waals surface area (Å²) in [4.78, 5) is 12.3. The zero-order chi connectivity index (χ0) is 18.9. The number of nitrogens with one attached hydrogen (secondary N) is 1. The molecule has 1 aromatic heterocycles. The molecule has 0 atom stereocenters. The van der Waals surface area contributed by atoms with E-state index < -0.39 is 29.2 Å². The Hall–Kier alpha value is -2.68. The lowest BCUT2D eigenvalue weighted by atomic mass is 10.2. The van der Waals surface area contributed by atoms with Gasteiger partial charge in [0, 0.05) is 4.47 Å². The van der Waals surface area contributed by atoms with Gasteiger partial charge in [-0.25, -0.2) is 9.07 Å². The van der Waals surface area contributed by atoms with Crippen LogP contribution in [-0.4, -0.2) is 15.7 Å². The zero-order valence-corrected chi connectivity index (χ0v) is 14.5. The normalized spacial score (nSPS) is 11.4. The number of nitrogens with zero attached hydrogens (tertiary/aromatic N) is 2. The number of carbonyl (C=O) groups is 1. The number of benzene rings is 2. The summed E-state index contributed by atoms with van der Waals surface area (Å²) in [7, 11) is 0. The van der Waals surface area contributed by atoms with E-state index in [1.54, 1.807) is 18.2 Å². The first-order valence-electron chi connectivity index (χ1n) is 7.24. The van der Waals surface area contributed by atoms with E-state index in [1.807, 2.05) is 0 Å². The van der Waals surface area contributed by atoms with Crippen molar-refractivity contribution in [2.24, 2.45) is 0 Å². The van der Waals surface area contributed by atoms with Crippen LogP contribution in [0.5, 0.6) is 0 Å². The molecule has 0 aliphatic carbocycles. The molecule has 1 N–H and O–H groups in total. The van der Waals surface area contributed by atoms with Crippen LogP contribution in [0, 0.1) is 5.82 Å². The van der Waals surface area contributed by atoms with Gasteiger partial charge in [0.05, 0.1) is 23.1 Å². The quantitative estimate of drug-likeness (QED) is 0.594. The second-order valence-corrected chi connectivity index (χ2v) is 6.15. The minimum Gasteiger partial charge on any atom is -0.319 e. The van der Waals surface area contributed by atoms with Crippen LogP contribution in [0.3, 0.4) is 0 Å². The number of aromatic nitrogens is 2. The summed E-state index contributed by atoms with van der Waals surface area (Å²) in [5.41, 5.74) is -2.03. The van der Waals surface area contributed by atoms with Gasteiger partial charge in [0.1, 0.15) is 5.82 Å². The number of rotatable bonds is 3. The second kappa shape index (κ2) is 6.91. The van der Waals surface area contributed by atoms with Crippen molar-refractivity contribution in [2.45, 2.75) is 6.18 Å². The molecule has 0 bridgehead atoms. The fourth-order valence-corrected chi connectivity index (χ4v) is 2.67. The number of hydrogen-bond acceptors (Lipinski definition) is 2. The van der Waals surface area contributed by atoms with Crippen molar-refractivity contribution in [1.29, 1.82) is 0 Å². The lowest BCUT2D eigenvalue weighted by Crippen LogP contribution is -2.21. The largest absolute Gasteiger partial charge is 0.434 e. The summed E-state index contributed by atoms with van der Waals surface area (Å²) in [5, 5.41) is 5.83. The Morgan fingerprint density at radius 2 is 1.81 bits per heavy atom. The van der Waals surface area contributed by atoms with E-state index >= 15 is 0 Å². The summed E-state index contributed by atoms with van der Waals surface area (Å²) in [6.07, 6.45) is -4.03. The molecule has 0 saturated carbocycles. The fraction of sp³-hybridized carbons (Fsp3) is 0.0588. The smallest absolute Gasteiger partial charge is 0.319 e. The molecule has 0 fully saturated rings. The third-order valence-corrected chi connectivity index (χ3v) is 3.96. The van der Waals surface area contributed by atoms with Crippen molar-refractivity contribution in [3.05, 3.63) is 76.3 Å². The molecule has 0 spiro atoms. The molecule has 0 unspecified atom stereocenters. The minimum atomic E-state index is -4.84. The highest BCUT2D eigenvalue weighted by Crippen LogP contribution is 2.34. The third-order valence-electron chi connectivity index (χ3n) is 3.46. The van der Waals surface area contributed by atoms with Crippen molar-refractivity contribution in [1.82, 2.24) is 9.78 Å². The lowest BCUT2D eigenvalue weighted by molar-refractivity contribution is -0.143. The fourth-order valence-electron chi connectivity index (χ4n) is 2.33. The highest BCUT2D eigenvalue weighted by atomic mass is 79.9. The van der Waals surface area contributed by atoms with Crippen molar-refractivity contribution in [3.8, 4) is 5.69 Å². The van der Waals surface area contributed by atoms with Crippen LogP contribution in [0.4, 0.5) is 23.2 Å². The first kappa shape index (κ1) is 18.1. The SMILES string of the molecule is O=C(Nc1ccc(Br)cc1F)c1cnn(-c2ccccc2)c1C(F)(F)F. The average molecular weight is 428 g/mol. The van der Waals surface area contributed by atoms with E-state index in [-0.39, 0.29) is 11.4 Å². The van der Waals surface area contributed by atoms with E-state index in [2.05, 4.69) is 26.3 Å². The number of halogens is 5. The Bertz CT molecular complexity index is 954. The van der Waals surface area contributed by atoms with Crippen LogP contribution >= 0.6 is 15.9 Å². The third kappa shape index (κ3) is 3.62. The minimum absolute atomic E-state index is 0.147. The Balaban J connectivity index is 2.02. The van der Waals surface area contributed by atoms with Crippen LogP contribution < -0.4 is 5.32 Å². The summed E-state index contributed by atoms with van der Waals surface area (Å²) in [5.74, 6) is -1.89. The Labute approximate surface area is 153 Å². The predicted molar refractivity (Wildman–Crippen MR) is 90.6 cm³/mol. The summed E-state index contributed by atoms with van der Waals surface area (Å²) in [6, 6.07) is 11.4. The molecule has 4 nitrogen and oxygen atoms in total. The molecule has 3 rings (SSSR count). The Kier molecular flexibility index (Phi) is 4.82. The van der Waals surface area contributed by atoms with E-state index in [1.165, 1.54) is 24.3 Å². The lowest BCUT2D eigenvalue weighted by Gasteiger charge is -2.13. The molecule has 134 valence electrons. The molecule has 9 heteroatoms. The molecule has 0 saturated heterocycles. The van der Waals surface area contributed by atoms with Gasteiger partial charge >= 0.3 is 6.18 Å². The molecule has 26 heavy (non-hydrogen) atoms. The van der Waals surface area contributed by atoms with Crippen molar-refractivity contribution in [3.63, 3.8) is 0 Å². The average Bonchev–Trinajstić information content (AvgIpc) is 3.04. The molecule has 1 heterocycles. The topological polar surface area (TPSA) is 46.9 Å². The first-order chi connectivity index (χ1) is 12.3. The van der Waals surface area contributed by atoms with Crippen LogP contribution in [0.2, 0.25) is 0 Å². The molecule has 3 aromatic rings. The number of para-hydroxylation sites is 1. The van der Waals surface area contributed by atoms with Gasteiger partial charge in [-0.15, -0.1) is 0 Å². The van der Waals surface area contributed by atoms with Gasteiger partial charge < -0.3 is 5.32 Å². The second-order valence-electron chi connectivity index (χ2n) is 5.23. The number of amides is 1. The van der Waals surface area contributed by atoms with Crippen molar-refractivity contribution >= 4 is 27.5 Å². The molecule has 0 aliphatic rings. The number of alkyl halides is 3. The maximum atomic E-state index is 13.8.